The molecule has 2 aromatic heterocycles. The molecule has 0 saturated heterocycles. The normalized spacial score (nSPS) is 10.8. The van der Waals surface area contributed by atoms with Crippen molar-refractivity contribution in [2.75, 3.05) is 19.5 Å². The first-order chi connectivity index (χ1) is 13.7. The van der Waals surface area contributed by atoms with E-state index in [4.69, 9.17) is 15.2 Å². The molecule has 0 aliphatic carbocycles. The molecule has 142 valence electrons. The number of aromatic nitrogens is 4. The van der Waals surface area contributed by atoms with Crippen molar-refractivity contribution < 1.29 is 9.47 Å². The average molecular weight is 393 g/mol. The maximum absolute atomic E-state index is 6.31. The van der Waals surface area contributed by atoms with Gasteiger partial charge in [-0.3, -0.25) is 0 Å². The lowest BCUT2D eigenvalue weighted by Gasteiger charge is -2.05. The minimum absolute atomic E-state index is 0.431. The van der Waals surface area contributed by atoms with Crippen LogP contribution in [0.25, 0.3) is 27.6 Å². The molecule has 28 heavy (non-hydrogen) atoms. The molecule has 0 radical (unpaired) electrons. The Morgan fingerprint density at radius 3 is 2.68 bits per heavy atom. The van der Waals surface area contributed by atoms with E-state index in [0.717, 1.165) is 33.5 Å². The molecule has 0 amide bonds. The van der Waals surface area contributed by atoms with E-state index in [2.05, 4.69) is 15.3 Å². The molecule has 0 aliphatic heterocycles. The van der Waals surface area contributed by atoms with Gasteiger partial charge in [0.05, 0.1) is 25.1 Å². The number of rotatable bonds is 6. The van der Waals surface area contributed by atoms with Crippen LogP contribution in [0.15, 0.2) is 53.9 Å². The second-order valence-corrected chi connectivity index (χ2v) is 6.79. The molecule has 0 unspecified atom stereocenters. The van der Waals surface area contributed by atoms with Crippen molar-refractivity contribution in [2.24, 2.45) is 0 Å². The summed E-state index contributed by atoms with van der Waals surface area (Å²) in [5.41, 5.74) is 9.51. The third kappa shape index (κ3) is 3.41. The average Bonchev–Trinajstić information content (AvgIpc) is 3.35. The summed E-state index contributed by atoms with van der Waals surface area (Å²) < 4.78 is 12.3. The standard InChI is InChI=1S/C20H19N5O2S/c1-3-27-15-9-7-13(8-10-15)17-12-28-20(22-17)18-19(21)25(24-23-18)14-5-4-6-16(11-14)26-2/h4-12H,3,21H2,1-2H3. The highest BCUT2D eigenvalue weighted by atomic mass is 32.1. The van der Waals surface area contributed by atoms with Crippen LogP contribution in [0.3, 0.4) is 0 Å². The van der Waals surface area contributed by atoms with E-state index in [1.807, 2.05) is 60.8 Å². The second kappa shape index (κ2) is 7.69. The largest absolute Gasteiger partial charge is 0.497 e. The van der Waals surface area contributed by atoms with Gasteiger partial charge in [0.15, 0.2) is 11.5 Å². The van der Waals surface area contributed by atoms with Crippen LogP contribution in [-0.2, 0) is 0 Å². The molecular weight excluding hydrogens is 374 g/mol. The molecule has 2 N–H and O–H groups in total. The van der Waals surface area contributed by atoms with Crippen LogP contribution in [0.1, 0.15) is 6.92 Å². The molecule has 4 rings (SSSR count). The lowest BCUT2D eigenvalue weighted by atomic mass is 10.2. The zero-order chi connectivity index (χ0) is 19.5. The van der Waals surface area contributed by atoms with Crippen molar-refractivity contribution in [1.82, 2.24) is 20.0 Å². The number of thiazole rings is 1. The summed E-state index contributed by atoms with van der Waals surface area (Å²) >= 11 is 1.48. The maximum Gasteiger partial charge on any atom is 0.165 e. The predicted molar refractivity (Wildman–Crippen MR) is 110 cm³/mol. The van der Waals surface area contributed by atoms with Crippen molar-refractivity contribution in [3.8, 4) is 39.1 Å². The molecule has 0 bridgehead atoms. The number of nitrogens with zero attached hydrogens (tertiary/aromatic N) is 4. The number of ether oxygens (including phenoxy) is 2. The third-order valence-electron chi connectivity index (χ3n) is 4.17. The number of anilines is 1. The van der Waals surface area contributed by atoms with Crippen molar-refractivity contribution >= 4 is 17.2 Å². The smallest absolute Gasteiger partial charge is 0.165 e. The van der Waals surface area contributed by atoms with Crippen LogP contribution in [-0.4, -0.2) is 33.7 Å². The summed E-state index contributed by atoms with van der Waals surface area (Å²) in [5, 5.41) is 11.1. The SMILES string of the molecule is CCOc1ccc(-c2csc(-c3nnn(-c4cccc(OC)c4)c3N)n2)cc1. The first kappa shape index (κ1) is 18.0. The zero-order valence-corrected chi connectivity index (χ0v) is 16.3. The number of nitrogens with two attached hydrogens (primary N) is 1. The van der Waals surface area contributed by atoms with E-state index in [1.54, 1.807) is 11.8 Å². The van der Waals surface area contributed by atoms with Gasteiger partial charge in [0, 0.05) is 17.0 Å². The molecule has 2 aromatic carbocycles. The highest BCUT2D eigenvalue weighted by Gasteiger charge is 2.17. The number of methoxy groups -OCH3 is 1. The molecule has 7 nitrogen and oxygen atoms in total. The Morgan fingerprint density at radius 2 is 1.93 bits per heavy atom. The summed E-state index contributed by atoms with van der Waals surface area (Å²) in [4.78, 5) is 4.69. The quantitative estimate of drug-likeness (QED) is 0.532. The Morgan fingerprint density at radius 1 is 1.11 bits per heavy atom. The van der Waals surface area contributed by atoms with Crippen LogP contribution < -0.4 is 15.2 Å². The van der Waals surface area contributed by atoms with Crippen LogP contribution >= 0.6 is 11.3 Å². The maximum atomic E-state index is 6.31. The molecule has 8 heteroatoms. The van der Waals surface area contributed by atoms with E-state index >= 15 is 0 Å². The van der Waals surface area contributed by atoms with E-state index in [0.29, 0.717) is 18.1 Å². The van der Waals surface area contributed by atoms with Gasteiger partial charge in [-0.25, -0.2) is 4.98 Å². The molecule has 0 saturated carbocycles. The third-order valence-corrected chi connectivity index (χ3v) is 5.02. The summed E-state index contributed by atoms with van der Waals surface area (Å²) in [6, 6.07) is 15.3. The van der Waals surface area contributed by atoms with Gasteiger partial charge in [-0.2, -0.15) is 4.68 Å². The molecule has 4 aromatic rings. The molecule has 0 spiro atoms. The van der Waals surface area contributed by atoms with Gasteiger partial charge >= 0.3 is 0 Å². The summed E-state index contributed by atoms with van der Waals surface area (Å²) in [5.74, 6) is 1.99. The Kier molecular flexibility index (Phi) is 4.94. The Hall–Kier alpha value is -3.39. The molecule has 0 fully saturated rings. The lowest BCUT2D eigenvalue weighted by Crippen LogP contribution is -2.02. The Bertz CT molecular complexity index is 1090. The van der Waals surface area contributed by atoms with Crippen LogP contribution in [0.4, 0.5) is 5.82 Å². The topological polar surface area (TPSA) is 88.1 Å². The molecule has 0 atom stereocenters. The minimum atomic E-state index is 0.431. The van der Waals surface area contributed by atoms with E-state index in [9.17, 15) is 0 Å². The van der Waals surface area contributed by atoms with Crippen molar-refractivity contribution in [2.45, 2.75) is 6.92 Å². The van der Waals surface area contributed by atoms with Crippen LogP contribution in [0.5, 0.6) is 11.5 Å². The van der Waals surface area contributed by atoms with Gasteiger partial charge in [0.2, 0.25) is 0 Å². The van der Waals surface area contributed by atoms with E-state index < -0.39 is 0 Å². The Labute approximate surface area is 166 Å². The van der Waals surface area contributed by atoms with Crippen molar-refractivity contribution in [1.29, 1.82) is 0 Å². The summed E-state index contributed by atoms with van der Waals surface area (Å²) in [6.45, 7) is 2.60. The predicted octanol–water partition coefficient (Wildman–Crippen LogP) is 4.05. The molecule has 0 aliphatic rings. The first-order valence-corrected chi connectivity index (χ1v) is 9.62. The second-order valence-electron chi connectivity index (χ2n) is 5.93. The van der Waals surface area contributed by atoms with Gasteiger partial charge in [0.25, 0.3) is 0 Å². The number of hydrogen-bond acceptors (Lipinski definition) is 7. The van der Waals surface area contributed by atoms with Gasteiger partial charge in [-0.15, -0.1) is 16.4 Å². The molecule has 2 heterocycles. The van der Waals surface area contributed by atoms with E-state index in [-0.39, 0.29) is 0 Å². The highest BCUT2D eigenvalue weighted by molar-refractivity contribution is 7.13. The van der Waals surface area contributed by atoms with E-state index in [1.165, 1.54) is 11.3 Å². The van der Waals surface area contributed by atoms with Crippen molar-refractivity contribution in [3.05, 3.63) is 53.9 Å². The summed E-state index contributed by atoms with van der Waals surface area (Å²) in [7, 11) is 1.62. The summed E-state index contributed by atoms with van der Waals surface area (Å²) in [6.07, 6.45) is 0. The number of benzene rings is 2. The van der Waals surface area contributed by atoms with Gasteiger partial charge < -0.3 is 15.2 Å². The van der Waals surface area contributed by atoms with Crippen molar-refractivity contribution in [3.63, 3.8) is 0 Å². The zero-order valence-electron chi connectivity index (χ0n) is 15.5. The van der Waals surface area contributed by atoms with Gasteiger partial charge in [-0.05, 0) is 43.3 Å². The monoisotopic (exact) mass is 393 g/mol. The first-order valence-electron chi connectivity index (χ1n) is 8.74. The minimum Gasteiger partial charge on any atom is -0.497 e. The van der Waals surface area contributed by atoms with Crippen LogP contribution in [0, 0.1) is 0 Å². The fourth-order valence-corrected chi connectivity index (χ4v) is 3.60. The fraction of sp³-hybridized carbons (Fsp3) is 0.150. The molecular formula is C20H19N5O2S. The van der Waals surface area contributed by atoms with Gasteiger partial charge in [0.1, 0.15) is 16.5 Å². The fourth-order valence-electron chi connectivity index (χ4n) is 2.78. The lowest BCUT2D eigenvalue weighted by molar-refractivity contribution is 0.340. The number of hydrogen-bond donors (Lipinski definition) is 1. The highest BCUT2D eigenvalue weighted by Crippen LogP contribution is 2.32. The number of nitrogen functional groups attached to an aromatic ring is 1. The van der Waals surface area contributed by atoms with Gasteiger partial charge in [-0.1, -0.05) is 11.3 Å². The van der Waals surface area contributed by atoms with Crippen LogP contribution in [0.2, 0.25) is 0 Å². The Balaban J connectivity index is 1.63.